The van der Waals surface area contributed by atoms with E-state index in [1.807, 2.05) is 12.1 Å². The van der Waals surface area contributed by atoms with Crippen molar-refractivity contribution in [3.05, 3.63) is 107 Å². The minimum Gasteiger partial charge on any atom is -0.324 e. The topological polar surface area (TPSA) is 118 Å². The van der Waals surface area contributed by atoms with E-state index < -0.39 is 30.9 Å². The molecule has 6 rings (SSSR count). The van der Waals surface area contributed by atoms with Crippen LogP contribution in [-0.2, 0) is 32.5 Å². The summed E-state index contributed by atoms with van der Waals surface area (Å²) in [6.07, 6.45) is 6.08. The summed E-state index contributed by atoms with van der Waals surface area (Å²) in [5.41, 5.74) is 1.75. The number of benzene rings is 3. The molecule has 1 aliphatic rings. The lowest BCUT2D eigenvalue weighted by atomic mass is 9.91. The normalized spacial score (nSPS) is 16.8. The van der Waals surface area contributed by atoms with Crippen molar-refractivity contribution in [2.75, 3.05) is 45.3 Å². The Bertz CT molecular complexity index is 2300. The predicted molar refractivity (Wildman–Crippen MR) is 199 cm³/mol. The van der Waals surface area contributed by atoms with Crippen molar-refractivity contribution < 1.29 is 17.0 Å². The lowest BCUT2D eigenvalue weighted by Gasteiger charge is -2.29. The highest BCUT2D eigenvalue weighted by molar-refractivity contribution is 8.00. The van der Waals surface area contributed by atoms with Crippen LogP contribution in [0.15, 0.2) is 99.6 Å². The number of likely N-dealkylation sites (N-methyl/N-ethyl adjacent to an activating group) is 1. The van der Waals surface area contributed by atoms with Crippen molar-refractivity contribution in [3.63, 3.8) is 0 Å². The van der Waals surface area contributed by atoms with Crippen molar-refractivity contribution in [2.24, 2.45) is 5.92 Å². The number of hydrogen-bond acceptors (Lipinski definition) is 8. The Hall–Kier alpha value is -4.43. The van der Waals surface area contributed by atoms with Gasteiger partial charge < -0.3 is 10.2 Å². The number of hydrogen-bond donors (Lipinski definition) is 1. The maximum absolute atomic E-state index is 15.8. The van der Waals surface area contributed by atoms with Crippen LogP contribution < -0.4 is 10.9 Å². The Morgan fingerprint density at radius 2 is 1.74 bits per heavy atom. The molecule has 0 spiro atoms. The summed E-state index contributed by atoms with van der Waals surface area (Å²) < 4.78 is 56.2. The fourth-order valence-electron chi connectivity index (χ4n) is 6.35. The van der Waals surface area contributed by atoms with Gasteiger partial charge in [0.25, 0.3) is 5.56 Å². The molecule has 5 aromatic rings. The quantitative estimate of drug-likeness (QED) is 0.184. The molecule has 1 fully saturated rings. The first kappa shape index (κ1) is 35.4. The lowest BCUT2D eigenvalue weighted by molar-refractivity contribution is 0.209. The highest BCUT2D eigenvalue weighted by atomic mass is 32.2. The van der Waals surface area contributed by atoms with E-state index in [1.165, 1.54) is 48.2 Å². The third-order valence-electron chi connectivity index (χ3n) is 9.22. The highest BCUT2D eigenvalue weighted by Crippen LogP contribution is 2.29. The summed E-state index contributed by atoms with van der Waals surface area (Å²) in [6.45, 7) is 2.17. The highest BCUT2D eigenvalue weighted by Gasteiger charge is 2.21. The number of fused-ring (bicyclic) bond motifs is 1. The summed E-state index contributed by atoms with van der Waals surface area (Å²) in [5.74, 6) is 4.01. The number of anilines is 2. The Morgan fingerprint density at radius 1 is 1.00 bits per heavy atom. The van der Waals surface area contributed by atoms with Gasteiger partial charge in [-0.1, -0.05) is 36.4 Å². The molecule has 0 bridgehead atoms. The summed E-state index contributed by atoms with van der Waals surface area (Å²) >= 11 is 0. The van der Waals surface area contributed by atoms with E-state index in [9.17, 15) is 17.4 Å². The van der Waals surface area contributed by atoms with Gasteiger partial charge in [0.05, 0.1) is 11.8 Å². The number of likely N-dealkylation sites (tertiary alicyclic amines) is 1. The first-order chi connectivity index (χ1) is 23.8. The van der Waals surface area contributed by atoms with Crippen molar-refractivity contribution in [1.82, 2.24) is 23.7 Å². The fourth-order valence-corrected chi connectivity index (χ4v) is 8.21. The predicted octanol–water partition coefficient (Wildman–Crippen LogP) is 5.25. The van der Waals surface area contributed by atoms with E-state index in [0.29, 0.717) is 16.2 Å². The smallest absolute Gasteiger partial charge is 0.260 e. The summed E-state index contributed by atoms with van der Waals surface area (Å²) in [5, 5.41) is 3.67. The summed E-state index contributed by atoms with van der Waals surface area (Å²) in [7, 11) is -2.95. The molecule has 2 aromatic heterocycles. The molecular weight excluding hydrogens is 676 g/mol. The molecule has 50 heavy (non-hydrogen) atoms. The second-order valence-corrected chi connectivity index (χ2v) is 17.4. The van der Waals surface area contributed by atoms with E-state index in [4.69, 9.17) is 0 Å². The third kappa shape index (κ3) is 7.81. The van der Waals surface area contributed by atoms with Crippen LogP contribution in [-0.4, -0.2) is 82.2 Å². The average molecular weight is 717 g/mol. The second kappa shape index (κ2) is 14.4. The van der Waals surface area contributed by atoms with Gasteiger partial charge in [-0.3, -0.25) is 13.6 Å². The van der Waals surface area contributed by atoms with Crippen molar-refractivity contribution in [2.45, 2.75) is 35.6 Å². The molecule has 3 aromatic carbocycles. The molecule has 1 N–H and O–H groups in total. The van der Waals surface area contributed by atoms with Crippen molar-refractivity contribution in [3.8, 4) is 11.1 Å². The van der Waals surface area contributed by atoms with Gasteiger partial charge in [0, 0.05) is 68.8 Å². The number of nitrogens with one attached hydrogen (secondary N) is 1. The molecule has 0 saturated carbocycles. The molecule has 2 atom stereocenters. The first-order valence-corrected chi connectivity index (χ1v) is 20.0. The molecule has 10 nitrogen and oxygen atoms in total. The Labute approximate surface area is 292 Å². The average Bonchev–Trinajstić information content (AvgIpc) is 3.08. The number of piperidine rings is 1. The Balaban J connectivity index is 1.33. The van der Waals surface area contributed by atoms with Gasteiger partial charge in [-0.05, 0) is 92.7 Å². The standard InChI is InChI=1S/C37H41FN6O4S2/c1-42-18-8-9-27(25-42)21-26-12-14-29(15-13-26)40-37-39-24-28-22-33(36(45)44(35(28)41-37)20-19-43(2)50(4,47)48)32-17-16-31(23-34(32)38)49(3,46)30-10-6-5-7-11-30/h5-7,10-17,22-24,27H,3,8-9,18-21,25H2,1-2,4H3,(H,39,40,41). The molecule has 0 amide bonds. The second-order valence-electron chi connectivity index (χ2n) is 13.0. The molecule has 13 heteroatoms. The van der Waals surface area contributed by atoms with Crippen molar-refractivity contribution >= 4 is 48.1 Å². The third-order valence-corrected chi connectivity index (χ3v) is 12.6. The van der Waals surface area contributed by atoms with Gasteiger partial charge in [0.1, 0.15) is 11.5 Å². The maximum Gasteiger partial charge on any atom is 0.260 e. The molecule has 0 aliphatic carbocycles. The van der Waals surface area contributed by atoms with Crippen LogP contribution in [0.5, 0.6) is 0 Å². The molecule has 3 heterocycles. The molecule has 0 radical (unpaired) electrons. The largest absolute Gasteiger partial charge is 0.324 e. The van der Waals surface area contributed by atoms with Gasteiger partial charge in [0.15, 0.2) is 0 Å². The van der Waals surface area contributed by atoms with E-state index >= 15 is 4.39 Å². The van der Waals surface area contributed by atoms with E-state index in [1.54, 1.807) is 36.5 Å². The van der Waals surface area contributed by atoms with E-state index in [2.05, 4.69) is 45.2 Å². The minimum atomic E-state index is -3.54. The SMILES string of the molecule is C=S(=O)(c1ccccc1)c1ccc(-c2cc3cnc(Nc4ccc(CC5CCCN(C)C5)cc4)nc3n(CCN(C)S(C)(=O)=O)c2=O)c(F)c1. The first-order valence-electron chi connectivity index (χ1n) is 16.4. The van der Waals surface area contributed by atoms with Crippen LogP contribution in [0.1, 0.15) is 18.4 Å². The number of nitrogens with zero attached hydrogens (tertiary/aromatic N) is 5. The number of rotatable bonds is 11. The van der Waals surface area contributed by atoms with Crippen LogP contribution in [0.3, 0.4) is 0 Å². The zero-order valence-corrected chi connectivity index (χ0v) is 30.0. The molecular formula is C37H41FN6O4S2. The van der Waals surface area contributed by atoms with E-state index in [-0.39, 0.29) is 40.7 Å². The Kier molecular flexibility index (Phi) is 10.2. The molecule has 2 unspecified atom stereocenters. The van der Waals surface area contributed by atoms with Crippen LogP contribution in [0, 0.1) is 11.7 Å². The van der Waals surface area contributed by atoms with Gasteiger partial charge in [-0.2, -0.15) is 4.98 Å². The number of halogens is 1. The monoisotopic (exact) mass is 716 g/mol. The van der Waals surface area contributed by atoms with Gasteiger partial charge in [-0.15, -0.1) is 0 Å². The van der Waals surface area contributed by atoms with Crippen LogP contribution >= 0.6 is 0 Å². The zero-order chi connectivity index (χ0) is 35.6. The molecule has 1 aliphatic heterocycles. The summed E-state index contributed by atoms with van der Waals surface area (Å²) in [4.78, 5) is 26.2. The zero-order valence-electron chi connectivity index (χ0n) is 28.4. The van der Waals surface area contributed by atoms with Gasteiger partial charge in [0.2, 0.25) is 16.0 Å². The maximum atomic E-state index is 15.8. The van der Waals surface area contributed by atoms with Gasteiger partial charge >= 0.3 is 0 Å². The lowest BCUT2D eigenvalue weighted by Crippen LogP contribution is -2.33. The Morgan fingerprint density at radius 3 is 2.42 bits per heavy atom. The number of sulfonamides is 1. The van der Waals surface area contributed by atoms with Crippen LogP contribution in [0.2, 0.25) is 0 Å². The van der Waals surface area contributed by atoms with Crippen LogP contribution in [0.25, 0.3) is 22.2 Å². The number of aromatic nitrogens is 3. The number of pyridine rings is 1. The van der Waals surface area contributed by atoms with Crippen molar-refractivity contribution in [1.29, 1.82) is 0 Å². The molecule has 262 valence electrons. The van der Waals surface area contributed by atoms with E-state index in [0.717, 1.165) is 41.8 Å². The fraction of sp³-hybridized carbons (Fsp3) is 0.297. The minimum absolute atomic E-state index is 0.00343. The van der Waals surface area contributed by atoms with Crippen LogP contribution in [0.4, 0.5) is 16.0 Å². The van der Waals surface area contributed by atoms with Gasteiger partial charge in [-0.25, -0.2) is 22.1 Å². The summed E-state index contributed by atoms with van der Waals surface area (Å²) in [6, 6.07) is 22.3. The molecule has 1 saturated heterocycles.